The number of aryl methyl sites for hydroxylation is 1. The van der Waals surface area contributed by atoms with Gasteiger partial charge < -0.3 is 24.8 Å². The topological polar surface area (TPSA) is 64.1 Å². The van der Waals surface area contributed by atoms with Gasteiger partial charge in [-0.15, -0.1) is 24.0 Å². The van der Waals surface area contributed by atoms with Gasteiger partial charge in [0.05, 0.1) is 12.2 Å². The van der Waals surface area contributed by atoms with Crippen molar-refractivity contribution in [3.63, 3.8) is 0 Å². The van der Waals surface area contributed by atoms with E-state index in [0.717, 1.165) is 62.7 Å². The molecule has 1 aromatic carbocycles. The number of nitrogens with one attached hydrogen (secondary N) is 2. The molecular formula is C20H32IN3O3. The van der Waals surface area contributed by atoms with Gasteiger partial charge in [-0.3, -0.25) is 4.99 Å². The van der Waals surface area contributed by atoms with Crippen LogP contribution in [0.25, 0.3) is 0 Å². The number of rotatable bonds is 7. The van der Waals surface area contributed by atoms with Crippen LogP contribution in [-0.2, 0) is 16.0 Å². The quantitative estimate of drug-likeness (QED) is 0.350. The lowest BCUT2D eigenvalue weighted by Gasteiger charge is -2.18. The van der Waals surface area contributed by atoms with Gasteiger partial charge in [-0.05, 0) is 44.2 Å². The predicted octanol–water partition coefficient (Wildman–Crippen LogP) is 3.01. The highest BCUT2D eigenvalue weighted by atomic mass is 127. The van der Waals surface area contributed by atoms with Crippen LogP contribution in [-0.4, -0.2) is 51.6 Å². The summed E-state index contributed by atoms with van der Waals surface area (Å²) in [5.41, 5.74) is 2.31. The summed E-state index contributed by atoms with van der Waals surface area (Å²) in [6, 6.07) is 6.31. The lowest BCUT2D eigenvalue weighted by Crippen LogP contribution is -2.40. The molecular weight excluding hydrogens is 457 g/mol. The Labute approximate surface area is 179 Å². The number of ether oxygens (including phenoxy) is 3. The maximum atomic E-state index is 6.06. The molecule has 152 valence electrons. The Balaban J connectivity index is 0.00000261. The first-order valence-electron chi connectivity index (χ1n) is 9.64. The van der Waals surface area contributed by atoms with Crippen molar-refractivity contribution in [2.75, 3.05) is 33.4 Å². The van der Waals surface area contributed by atoms with E-state index in [0.29, 0.717) is 19.3 Å². The molecule has 6 nitrogen and oxygen atoms in total. The van der Waals surface area contributed by atoms with Crippen LogP contribution in [0, 0.1) is 6.92 Å². The average molecular weight is 489 g/mol. The molecule has 2 atom stereocenters. The minimum atomic E-state index is 0. The molecule has 7 heteroatoms. The van der Waals surface area contributed by atoms with E-state index in [1.807, 2.05) is 0 Å². The average Bonchev–Trinajstić information content (AvgIpc) is 3.35. The summed E-state index contributed by atoms with van der Waals surface area (Å²) in [6.45, 7) is 5.86. The van der Waals surface area contributed by atoms with Gasteiger partial charge in [-0.1, -0.05) is 12.1 Å². The number of guanidine groups is 1. The SMILES string of the molecule is CN=C(NCc1ccc(C)cc1OCC1CCCO1)NCC1CCCO1.I. The van der Waals surface area contributed by atoms with Gasteiger partial charge in [0.15, 0.2) is 5.96 Å². The highest BCUT2D eigenvalue weighted by molar-refractivity contribution is 14.0. The van der Waals surface area contributed by atoms with Crippen molar-refractivity contribution in [3.05, 3.63) is 29.3 Å². The van der Waals surface area contributed by atoms with Crippen LogP contribution in [0.4, 0.5) is 0 Å². The van der Waals surface area contributed by atoms with E-state index in [1.165, 1.54) is 5.56 Å². The van der Waals surface area contributed by atoms with Crippen molar-refractivity contribution in [1.29, 1.82) is 0 Å². The first kappa shape index (κ1) is 22.2. The van der Waals surface area contributed by atoms with Crippen molar-refractivity contribution >= 4 is 29.9 Å². The lowest BCUT2D eigenvalue weighted by atomic mass is 10.1. The van der Waals surface area contributed by atoms with E-state index in [9.17, 15) is 0 Å². The Bertz CT molecular complexity index is 600. The number of benzene rings is 1. The maximum absolute atomic E-state index is 6.06. The zero-order chi connectivity index (χ0) is 18.2. The Hall–Kier alpha value is -1.06. The molecule has 2 aliphatic heterocycles. The molecule has 1 aromatic rings. The largest absolute Gasteiger partial charge is 0.491 e. The number of hydrogen-bond donors (Lipinski definition) is 2. The Morgan fingerprint density at radius 1 is 1.15 bits per heavy atom. The van der Waals surface area contributed by atoms with Crippen molar-refractivity contribution < 1.29 is 14.2 Å². The van der Waals surface area contributed by atoms with Gasteiger partial charge in [-0.25, -0.2) is 0 Å². The molecule has 2 aliphatic rings. The van der Waals surface area contributed by atoms with Gasteiger partial charge in [0, 0.05) is 38.9 Å². The molecule has 27 heavy (non-hydrogen) atoms. The smallest absolute Gasteiger partial charge is 0.191 e. The zero-order valence-corrected chi connectivity index (χ0v) is 18.7. The van der Waals surface area contributed by atoms with E-state index >= 15 is 0 Å². The van der Waals surface area contributed by atoms with Crippen LogP contribution in [0.5, 0.6) is 5.75 Å². The summed E-state index contributed by atoms with van der Waals surface area (Å²) in [4.78, 5) is 4.30. The summed E-state index contributed by atoms with van der Waals surface area (Å²) >= 11 is 0. The van der Waals surface area contributed by atoms with Crippen molar-refractivity contribution in [3.8, 4) is 5.75 Å². The number of nitrogens with zero attached hydrogens (tertiary/aromatic N) is 1. The van der Waals surface area contributed by atoms with Gasteiger partial charge in [0.1, 0.15) is 12.4 Å². The molecule has 0 radical (unpaired) electrons. The number of hydrogen-bond acceptors (Lipinski definition) is 4. The number of aliphatic imine (C=N–C) groups is 1. The van der Waals surface area contributed by atoms with Crippen LogP contribution in [0.3, 0.4) is 0 Å². The second-order valence-corrected chi connectivity index (χ2v) is 7.00. The van der Waals surface area contributed by atoms with E-state index < -0.39 is 0 Å². The molecule has 2 heterocycles. The molecule has 2 unspecified atom stereocenters. The number of halogens is 1. The molecule has 0 aliphatic carbocycles. The molecule has 3 rings (SSSR count). The molecule has 0 saturated carbocycles. The summed E-state index contributed by atoms with van der Waals surface area (Å²) in [6.07, 6.45) is 4.98. The summed E-state index contributed by atoms with van der Waals surface area (Å²) in [5, 5.41) is 6.71. The van der Waals surface area contributed by atoms with Crippen LogP contribution >= 0.6 is 24.0 Å². The minimum absolute atomic E-state index is 0. The Kier molecular flexibility index (Phi) is 9.64. The van der Waals surface area contributed by atoms with Crippen molar-refractivity contribution in [2.24, 2.45) is 4.99 Å². The van der Waals surface area contributed by atoms with E-state index in [4.69, 9.17) is 14.2 Å². The Morgan fingerprint density at radius 2 is 1.89 bits per heavy atom. The molecule has 2 fully saturated rings. The summed E-state index contributed by atoms with van der Waals surface area (Å²) in [5.74, 6) is 1.70. The first-order chi connectivity index (χ1) is 12.7. The summed E-state index contributed by atoms with van der Waals surface area (Å²) < 4.78 is 17.4. The summed E-state index contributed by atoms with van der Waals surface area (Å²) in [7, 11) is 1.79. The van der Waals surface area contributed by atoms with E-state index in [2.05, 4.69) is 40.7 Å². The molecule has 0 bridgehead atoms. The standard InChI is InChI=1S/C20H31N3O3.HI/c1-15-7-8-16(19(11-15)26-14-18-6-4-10-25-18)12-22-20(21-2)23-13-17-5-3-9-24-17;/h7-8,11,17-18H,3-6,9-10,12-14H2,1-2H3,(H2,21,22,23);1H. The van der Waals surface area contributed by atoms with Gasteiger partial charge in [-0.2, -0.15) is 0 Å². The minimum Gasteiger partial charge on any atom is -0.491 e. The molecule has 2 N–H and O–H groups in total. The first-order valence-corrected chi connectivity index (χ1v) is 9.64. The lowest BCUT2D eigenvalue weighted by molar-refractivity contribution is 0.0676. The fourth-order valence-corrected chi connectivity index (χ4v) is 3.32. The fourth-order valence-electron chi connectivity index (χ4n) is 3.32. The molecule has 0 amide bonds. The van der Waals surface area contributed by atoms with Crippen LogP contribution in [0.15, 0.2) is 23.2 Å². The van der Waals surface area contributed by atoms with Gasteiger partial charge >= 0.3 is 0 Å². The second kappa shape index (κ2) is 11.7. The highest BCUT2D eigenvalue weighted by Crippen LogP contribution is 2.22. The normalized spacial score (nSPS) is 22.4. The molecule has 0 spiro atoms. The monoisotopic (exact) mass is 489 g/mol. The van der Waals surface area contributed by atoms with Gasteiger partial charge in [0.2, 0.25) is 0 Å². The van der Waals surface area contributed by atoms with E-state index in [1.54, 1.807) is 7.05 Å². The second-order valence-electron chi connectivity index (χ2n) is 7.00. The third-order valence-corrected chi connectivity index (χ3v) is 4.86. The third-order valence-electron chi connectivity index (χ3n) is 4.86. The van der Waals surface area contributed by atoms with Crippen LogP contribution < -0.4 is 15.4 Å². The molecule has 2 saturated heterocycles. The maximum Gasteiger partial charge on any atom is 0.191 e. The van der Waals surface area contributed by atoms with Gasteiger partial charge in [0.25, 0.3) is 0 Å². The highest BCUT2D eigenvalue weighted by Gasteiger charge is 2.17. The fraction of sp³-hybridized carbons (Fsp3) is 0.650. The predicted molar refractivity (Wildman–Crippen MR) is 118 cm³/mol. The zero-order valence-electron chi connectivity index (χ0n) is 16.3. The van der Waals surface area contributed by atoms with Crippen LogP contribution in [0.2, 0.25) is 0 Å². The van der Waals surface area contributed by atoms with E-state index in [-0.39, 0.29) is 30.1 Å². The van der Waals surface area contributed by atoms with Crippen molar-refractivity contribution in [1.82, 2.24) is 10.6 Å². The van der Waals surface area contributed by atoms with Crippen molar-refractivity contribution in [2.45, 2.75) is 51.4 Å². The Morgan fingerprint density at radius 3 is 2.56 bits per heavy atom. The third kappa shape index (κ3) is 7.12. The molecule has 0 aromatic heterocycles. The van der Waals surface area contributed by atoms with Crippen LogP contribution in [0.1, 0.15) is 36.8 Å².